The predicted molar refractivity (Wildman–Crippen MR) is 111 cm³/mol. The smallest absolute Gasteiger partial charge is 0.262 e. The van der Waals surface area contributed by atoms with Gasteiger partial charge in [0.2, 0.25) is 0 Å². The van der Waals surface area contributed by atoms with Gasteiger partial charge in [-0.15, -0.1) is 12.4 Å². The number of sulfonamides is 1. The molecule has 2 aromatic rings. The minimum atomic E-state index is -3.83. The number of ether oxygens (including phenoxy) is 1. The van der Waals surface area contributed by atoms with Crippen molar-refractivity contribution in [3.8, 4) is 5.75 Å². The first-order valence-corrected chi connectivity index (χ1v) is 10.2. The molecule has 0 aliphatic carbocycles. The van der Waals surface area contributed by atoms with Crippen LogP contribution in [0.3, 0.4) is 0 Å². The standard InChI is InChI=1S/C19H23N3O4S.ClH/c1-13-3-4-14(19(23)21-16-9-10-20-12-16)11-18(13)27(24,25)22-15-5-7-17(26-2)8-6-15;/h3-8,11,16,20,22H,9-10,12H2,1-2H3,(H,21,23);1H. The van der Waals surface area contributed by atoms with E-state index in [1.54, 1.807) is 50.4 Å². The Morgan fingerprint density at radius 1 is 1.18 bits per heavy atom. The van der Waals surface area contributed by atoms with Crippen LogP contribution in [0.4, 0.5) is 5.69 Å². The van der Waals surface area contributed by atoms with Gasteiger partial charge in [0.15, 0.2) is 0 Å². The number of halogens is 1. The first-order valence-electron chi connectivity index (χ1n) is 8.68. The van der Waals surface area contributed by atoms with Crippen LogP contribution < -0.4 is 20.1 Å². The largest absolute Gasteiger partial charge is 0.497 e. The maximum Gasteiger partial charge on any atom is 0.262 e. The number of aryl methyl sites for hydroxylation is 1. The zero-order valence-corrected chi connectivity index (χ0v) is 17.3. The summed E-state index contributed by atoms with van der Waals surface area (Å²) < 4.78 is 33.2. The molecule has 9 heteroatoms. The number of hydrogen-bond acceptors (Lipinski definition) is 5. The summed E-state index contributed by atoms with van der Waals surface area (Å²) in [6.07, 6.45) is 0.863. The summed E-state index contributed by atoms with van der Waals surface area (Å²) in [5.74, 6) is 0.360. The van der Waals surface area contributed by atoms with E-state index in [9.17, 15) is 13.2 Å². The minimum absolute atomic E-state index is 0. The van der Waals surface area contributed by atoms with Gasteiger partial charge in [0.1, 0.15) is 5.75 Å². The molecule has 1 amide bonds. The third-order valence-electron chi connectivity index (χ3n) is 4.48. The molecule has 1 atom stereocenters. The van der Waals surface area contributed by atoms with Gasteiger partial charge in [0.05, 0.1) is 12.0 Å². The number of rotatable bonds is 6. The van der Waals surface area contributed by atoms with Crippen molar-refractivity contribution in [2.75, 3.05) is 24.9 Å². The third-order valence-corrected chi connectivity index (χ3v) is 6.00. The van der Waals surface area contributed by atoms with Gasteiger partial charge in [0.25, 0.3) is 15.9 Å². The van der Waals surface area contributed by atoms with Gasteiger partial charge in [-0.1, -0.05) is 6.07 Å². The molecule has 7 nitrogen and oxygen atoms in total. The van der Waals surface area contributed by atoms with Crippen LogP contribution in [0.15, 0.2) is 47.4 Å². The summed E-state index contributed by atoms with van der Waals surface area (Å²) in [6.45, 7) is 3.29. The van der Waals surface area contributed by atoms with Gasteiger partial charge in [0, 0.05) is 23.8 Å². The van der Waals surface area contributed by atoms with Crippen molar-refractivity contribution >= 4 is 34.0 Å². The van der Waals surface area contributed by atoms with Crippen LogP contribution in [-0.2, 0) is 10.0 Å². The maximum absolute atomic E-state index is 12.8. The Hall–Kier alpha value is -2.29. The van der Waals surface area contributed by atoms with E-state index in [0.29, 0.717) is 22.6 Å². The van der Waals surface area contributed by atoms with Crippen molar-refractivity contribution in [1.29, 1.82) is 0 Å². The van der Waals surface area contributed by atoms with Crippen molar-refractivity contribution in [3.63, 3.8) is 0 Å². The molecule has 2 aromatic carbocycles. The normalized spacial score (nSPS) is 16.1. The molecule has 152 valence electrons. The number of hydrogen-bond donors (Lipinski definition) is 3. The monoisotopic (exact) mass is 425 g/mol. The Morgan fingerprint density at radius 3 is 2.50 bits per heavy atom. The Balaban J connectivity index is 0.00000280. The molecular weight excluding hydrogens is 402 g/mol. The van der Waals surface area contributed by atoms with Crippen molar-refractivity contribution in [2.45, 2.75) is 24.3 Å². The van der Waals surface area contributed by atoms with E-state index in [-0.39, 0.29) is 29.3 Å². The molecule has 1 aliphatic heterocycles. The summed E-state index contributed by atoms with van der Waals surface area (Å²) in [5.41, 5.74) is 1.31. The van der Waals surface area contributed by atoms with Gasteiger partial charge < -0.3 is 15.4 Å². The summed E-state index contributed by atoms with van der Waals surface area (Å²) in [5, 5.41) is 6.10. The highest BCUT2D eigenvalue weighted by Crippen LogP contribution is 2.22. The zero-order valence-electron chi connectivity index (χ0n) is 15.7. The Kier molecular flexibility index (Phi) is 7.29. The molecule has 1 fully saturated rings. The van der Waals surface area contributed by atoms with Crippen LogP contribution in [0.1, 0.15) is 22.3 Å². The molecular formula is C19H24ClN3O4S. The van der Waals surface area contributed by atoms with E-state index >= 15 is 0 Å². The van der Waals surface area contributed by atoms with E-state index in [0.717, 1.165) is 19.5 Å². The van der Waals surface area contributed by atoms with Crippen molar-refractivity contribution in [2.24, 2.45) is 0 Å². The number of nitrogens with one attached hydrogen (secondary N) is 3. The van der Waals surface area contributed by atoms with Crippen molar-refractivity contribution in [3.05, 3.63) is 53.6 Å². The second-order valence-electron chi connectivity index (χ2n) is 6.48. The van der Waals surface area contributed by atoms with Gasteiger partial charge in [-0.3, -0.25) is 9.52 Å². The second-order valence-corrected chi connectivity index (χ2v) is 8.13. The lowest BCUT2D eigenvalue weighted by Crippen LogP contribution is -2.36. The molecule has 3 N–H and O–H groups in total. The highest BCUT2D eigenvalue weighted by atomic mass is 35.5. The highest BCUT2D eigenvalue weighted by molar-refractivity contribution is 7.92. The maximum atomic E-state index is 12.8. The van der Waals surface area contributed by atoms with Crippen LogP contribution >= 0.6 is 12.4 Å². The van der Waals surface area contributed by atoms with E-state index in [1.807, 2.05) is 0 Å². The molecule has 28 heavy (non-hydrogen) atoms. The summed E-state index contributed by atoms with van der Waals surface area (Å²) in [7, 11) is -2.29. The van der Waals surface area contributed by atoms with E-state index in [1.165, 1.54) is 6.07 Å². The Labute approximate surface area is 171 Å². The lowest BCUT2D eigenvalue weighted by molar-refractivity contribution is 0.0940. The zero-order chi connectivity index (χ0) is 19.4. The molecule has 0 spiro atoms. The molecule has 0 saturated carbocycles. The molecule has 1 heterocycles. The average Bonchev–Trinajstić information content (AvgIpc) is 3.15. The summed E-state index contributed by atoms with van der Waals surface area (Å²) in [4.78, 5) is 12.5. The fourth-order valence-corrected chi connectivity index (χ4v) is 4.28. The molecule has 3 rings (SSSR count). The topological polar surface area (TPSA) is 96.5 Å². The Morgan fingerprint density at radius 2 is 1.89 bits per heavy atom. The average molecular weight is 426 g/mol. The number of methoxy groups -OCH3 is 1. The van der Waals surface area contributed by atoms with Crippen LogP contribution in [0, 0.1) is 6.92 Å². The number of carbonyl (C=O) groups excluding carboxylic acids is 1. The van der Waals surface area contributed by atoms with E-state index in [4.69, 9.17) is 4.74 Å². The Bertz CT molecular complexity index is 927. The number of anilines is 1. The van der Waals surface area contributed by atoms with E-state index < -0.39 is 10.0 Å². The number of benzene rings is 2. The van der Waals surface area contributed by atoms with Crippen LogP contribution in [0.25, 0.3) is 0 Å². The lowest BCUT2D eigenvalue weighted by Gasteiger charge is -2.14. The quantitative estimate of drug-likeness (QED) is 0.660. The van der Waals surface area contributed by atoms with Crippen LogP contribution in [0.2, 0.25) is 0 Å². The van der Waals surface area contributed by atoms with Gasteiger partial charge in [-0.25, -0.2) is 8.42 Å². The molecule has 1 saturated heterocycles. The van der Waals surface area contributed by atoms with Crippen molar-refractivity contribution < 1.29 is 17.9 Å². The SMILES string of the molecule is COc1ccc(NS(=O)(=O)c2cc(C(=O)NC3CCNC3)ccc2C)cc1.Cl. The van der Waals surface area contributed by atoms with Gasteiger partial charge in [-0.2, -0.15) is 0 Å². The molecule has 0 radical (unpaired) electrons. The molecule has 1 aliphatic rings. The number of amides is 1. The minimum Gasteiger partial charge on any atom is -0.497 e. The fraction of sp³-hybridized carbons (Fsp3) is 0.316. The second kappa shape index (κ2) is 9.27. The fourth-order valence-electron chi connectivity index (χ4n) is 2.95. The molecule has 0 aromatic heterocycles. The number of carbonyl (C=O) groups is 1. The van der Waals surface area contributed by atoms with Crippen molar-refractivity contribution in [1.82, 2.24) is 10.6 Å². The molecule has 0 bridgehead atoms. The van der Waals surface area contributed by atoms with Gasteiger partial charge >= 0.3 is 0 Å². The highest BCUT2D eigenvalue weighted by Gasteiger charge is 2.21. The molecule has 1 unspecified atom stereocenters. The van der Waals surface area contributed by atoms with Gasteiger partial charge in [-0.05, 0) is 61.9 Å². The van der Waals surface area contributed by atoms with Crippen LogP contribution in [-0.4, -0.2) is 40.6 Å². The first-order chi connectivity index (χ1) is 12.9. The first kappa shape index (κ1) is 22.0. The third kappa shape index (κ3) is 5.15. The lowest BCUT2D eigenvalue weighted by atomic mass is 10.1. The summed E-state index contributed by atoms with van der Waals surface area (Å²) in [6, 6.07) is 11.3. The predicted octanol–water partition coefficient (Wildman–Crippen LogP) is 2.32. The van der Waals surface area contributed by atoms with Crippen LogP contribution in [0.5, 0.6) is 5.75 Å². The van der Waals surface area contributed by atoms with E-state index in [2.05, 4.69) is 15.4 Å². The summed E-state index contributed by atoms with van der Waals surface area (Å²) >= 11 is 0.